The molecule has 3 aromatic heterocycles. The summed E-state index contributed by atoms with van der Waals surface area (Å²) >= 11 is 4.52. The molecule has 4 aromatic rings. The zero-order chi connectivity index (χ0) is 24.8. The zero-order valence-electron chi connectivity index (χ0n) is 18.9. The maximum atomic E-state index is 10.0. The van der Waals surface area contributed by atoms with E-state index in [1.165, 1.54) is 11.8 Å². The van der Waals surface area contributed by atoms with Crippen molar-refractivity contribution in [2.24, 2.45) is 0 Å². The highest BCUT2D eigenvalue weighted by Crippen LogP contribution is 2.38. The fraction of sp³-hybridized carbons (Fsp3) is 0.208. The summed E-state index contributed by atoms with van der Waals surface area (Å²) in [4.78, 5) is 14.4. The van der Waals surface area contributed by atoms with Gasteiger partial charge in [-0.25, -0.2) is 15.0 Å². The van der Waals surface area contributed by atoms with Crippen LogP contribution in [0.5, 0.6) is 5.75 Å². The molecule has 0 amide bonds. The highest BCUT2D eigenvalue weighted by molar-refractivity contribution is 7.98. The van der Waals surface area contributed by atoms with Crippen LogP contribution in [0.15, 0.2) is 40.9 Å². The summed E-state index contributed by atoms with van der Waals surface area (Å²) in [5.41, 5.74) is 8.65. The van der Waals surface area contributed by atoms with Crippen molar-refractivity contribution in [1.82, 2.24) is 15.0 Å². The topological polar surface area (TPSA) is 131 Å². The van der Waals surface area contributed by atoms with Crippen LogP contribution in [-0.2, 0) is 10.5 Å². The molecule has 1 aromatic carbocycles. The van der Waals surface area contributed by atoms with Gasteiger partial charge in [-0.15, -0.1) is 22.7 Å². The molecule has 35 heavy (non-hydrogen) atoms. The molecule has 2 N–H and O–H groups in total. The van der Waals surface area contributed by atoms with E-state index in [-0.39, 0.29) is 11.4 Å². The number of thiazole rings is 2. The summed E-state index contributed by atoms with van der Waals surface area (Å²) < 4.78 is 10.6. The van der Waals surface area contributed by atoms with Crippen molar-refractivity contribution in [2.45, 2.75) is 17.7 Å². The van der Waals surface area contributed by atoms with E-state index in [0.717, 1.165) is 20.6 Å². The lowest BCUT2D eigenvalue weighted by molar-refractivity contribution is 0.146. The van der Waals surface area contributed by atoms with Gasteiger partial charge in [0.2, 0.25) is 0 Å². The van der Waals surface area contributed by atoms with Gasteiger partial charge in [-0.1, -0.05) is 23.9 Å². The fourth-order valence-corrected chi connectivity index (χ4v) is 5.89. The minimum absolute atomic E-state index is 0.0866. The fourth-order valence-electron chi connectivity index (χ4n) is 3.24. The molecule has 0 atom stereocenters. The number of benzene rings is 1. The first-order valence-electron chi connectivity index (χ1n) is 10.4. The molecule has 8 nitrogen and oxygen atoms in total. The molecule has 0 aliphatic heterocycles. The number of pyridine rings is 1. The van der Waals surface area contributed by atoms with Gasteiger partial charge in [-0.3, -0.25) is 0 Å². The van der Waals surface area contributed by atoms with Crippen molar-refractivity contribution in [2.75, 3.05) is 26.1 Å². The number of hydrogen-bond acceptors (Lipinski definition) is 11. The lowest BCUT2D eigenvalue weighted by Crippen LogP contribution is -2.05. The van der Waals surface area contributed by atoms with Crippen molar-refractivity contribution in [3.63, 3.8) is 0 Å². The Balaban J connectivity index is 1.61. The number of aryl methyl sites for hydroxylation is 1. The number of aromatic nitrogens is 3. The Morgan fingerprint density at radius 3 is 2.51 bits per heavy atom. The highest BCUT2D eigenvalue weighted by atomic mass is 32.2. The molecule has 0 saturated carbocycles. The third-order valence-corrected chi connectivity index (χ3v) is 7.84. The Labute approximate surface area is 215 Å². The second kappa shape index (κ2) is 11.3. The summed E-state index contributed by atoms with van der Waals surface area (Å²) in [6.07, 6.45) is 1.83. The number of nitrogens with zero attached hydrogens (tertiary/aromatic N) is 5. The second-order valence-corrected chi connectivity index (χ2v) is 10.2. The van der Waals surface area contributed by atoms with Crippen LogP contribution >= 0.6 is 34.4 Å². The van der Waals surface area contributed by atoms with Crippen LogP contribution in [-0.4, -0.2) is 35.3 Å². The van der Waals surface area contributed by atoms with Crippen molar-refractivity contribution in [1.29, 1.82) is 10.5 Å². The van der Waals surface area contributed by atoms with Gasteiger partial charge >= 0.3 is 0 Å². The number of ether oxygens (including phenoxy) is 2. The van der Waals surface area contributed by atoms with E-state index in [4.69, 9.17) is 20.2 Å². The summed E-state index contributed by atoms with van der Waals surface area (Å²) in [5.74, 6) is 1.26. The van der Waals surface area contributed by atoms with Crippen LogP contribution in [0.1, 0.15) is 21.8 Å². The summed E-state index contributed by atoms with van der Waals surface area (Å²) in [7, 11) is 1.61. The first-order valence-corrected chi connectivity index (χ1v) is 13.1. The van der Waals surface area contributed by atoms with Crippen LogP contribution in [0, 0.1) is 29.6 Å². The van der Waals surface area contributed by atoms with Crippen LogP contribution in [0.2, 0.25) is 0 Å². The van der Waals surface area contributed by atoms with Crippen molar-refractivity contribution < 1.29 is 9.47 Å². The van der Waals surface area contributed by atoms with E-state index in [1.54, 1.807) is 54.0 Å². The summed E-state index contributed by atoms with van der Waals surface area (Å²) in [6.45, 7) is 2.86. The number of hydrogen-bond donors (Lipinski definition) is 1. The Hall–Kier alpha value is -3.48. The Morgan fingerprint density at radius 1 is 1.09 bits per heavy atom. The van der Waals surface area contributed by atoms with E-state index in [2.05, 4.69) is 22.1 Å². The molecular weight excluding hydrogens is 501 g/mol. The van der Waals surface area contributed by atoms with Gasteiger partial charge < -0.3 is 15.2 Å². The standard InChI is InChI=1S/C24H20N6O2S3/c1-14-28-11-20(35-14)24-29-16(13-34-24)12-33-23-19(10-26)21(18(9-25)22(27)30-23)15-3-5-17(6-4-15)32-8-7-31-2/h3-6,11,13H,7-8,12H2,1-2H3,(H2,27,30). The molecule has 0 spiro atoms. The average Bonchev–Trinajstić information content (AvgIpc) is 3.52. The van der Waals surface area contributed by atoms with Crippen molar-refractivity contribution in [3.8, 4) is 38.9 Å². The molecule has 0 unspecified atom stereocenters. The van der Waals surface area contributed by atoms with Gasteiger partial charge in [-0.2, -0.15) is 10.5 Å². The van der Waals surface area contributed by atoms with Crippen LogP contribution in [0.3, 0.4) is 0 Å². The predicted octanol–water partition coefficient (Wildman–Crippen LogP) is 5.28. The Bertz CT molecular complexity index is 1420. The first-order chi connectivity index (χ1) is 17.0. The average molecular weight is 521 g/mol. The molecule has 11 heteroatoms. The zero-order valence-corrected chi connectivity index (χ0v) is 21.4. The third-order valence-electron chi connectivity index (χ3n) is 4.86. The number of nitrogens with two attached hydrogens (primary N) is 1. The molecule has 0 bridgehead atoms. The molecule has 3 heterocycles. The van der Waals surface area contributed by atoms with E-state index in [0.29, 0.717) is 46.4 Å². The lowest BCUT2D eigenvalue weighted by atomic mass is 9.97. The molecular formula is C24H20N6O2S3. The first kappa shape index (κ1) is 24.6. The summed E-state index contributed by atoms with van der Waals surface area (Å²) in [5, 5.41) is 24.1. The molecule has 0 aliphatic rings. The number of nitriles is 2. The maximum absolute atomic E-state index is 10.0. The minimum atomic E-state index is 0.0866. The van der Waals surface area contributed by atoms with Crippen LogP contribution in [0.4, 0.5) is 5.82 Å². The van der Waals surface area contributed by atoms with E-state index >= 15 is 0 Å². The molecule has 0 saturated heterocycles. The second-order valence-electron chi connectivity index (χ2n) is 7.19. The normalized spacial score (nSPS) is 10.6. The van der Waals surface area contributed by atoms with Crippen molar-refractivity contribution in [3.05, 3.63) is 57.7 Å². The van der Waals surface area contributed by atoms with Gasteiger partial charge in [0.25, 0.3) is 0 Å². The highest BCUT2D eigenvalue weighted by Gasteiger charge is 2.21. The SMILES string of the molecule is COCCOc1ccc(-c2c(C#N)c(N)nc(SCc3csc(-c4cnc(C)s4)n3)c2C#N)cc1. The summed E-state index contributed by atoms with van der Waals surface area (Å²) in [6, 6.07) is 11.5. The number of thioether (sulfide) groups is 1. The van der Waals surface area contributed by atoms with Crippen LogP contribution in [0.25, 0.3) is 21.0 Å². The van der Waals surface area contributed by atoms with E-state index < -0.39 is 0 Å². The van der Waals surface area contributed by atoms with Gasteiger partial charge in [0.05, 0.1) is 27.7 Å². The Morgan fingerprint density at radius 2 is 1.86 bits per heavy atom. The molecule has 176 valence electrons. The number of nitrogen functional groups attached to an aromatic ring is 1. The van der Waals surface area contributed by atoms with Crippen molar-refractivity contribution >= 4 is 40.3 Å². The molecule has 4 rings (SSSR count). The van der Waals surface area contributed by atoms with Gasteiger partial charge in [-0.05, 0) is 24.6 Å². The largest absolute Gasteiger partial charge is 0.491 e. The Kier molecular flexibility index (Phi) is 7.95. The van der Waals surface area contributed by atoms with Gasteiger partial charge in [0, 0.05) is 30.0 Å². The third kappa shape index (κ3) is 5.61. The smallest absolute Gasteiger partial charge is 0.143 e. The predicted molar refractivity (Wildman–Crippen MR) is 138 cm³/mol. The minimum Gasteiger partial charge on any atom is -0.491 e. The maximum Gasteiger partial charge on any atom is 0.143 e. The van der Waals surface area contributed by atoms with Crippen LogP contribution < -0.4 is 10.5 Å². The van der Waals surface area contributed by atoms with E-state index in [1.807, 2.05) is 18.5 Å². The molecule has 0 fully saturated rings. The monoisotopic (exact) mass is 520 g/mol. The van der Waals surface area contributed by atoms with E-state index in [9.17, 15) is 10.5 Å². The van der Waals surface area contributed by atoms with Gasteiger partial charge in [0.15, 0.2) is 0 Å². The lowest BCUT2D eigenvalue weighted by Gasteiger charge is -2.13. The van der Waals surface area contributed by atoms with Gasteiger partial charge in [0.1, 0.15) is 45.9 Å². The molecule has 0 radical (unpaired) electrons. The number of rotatable bonds is 9. The number of methoxy groups -OCH3 is 1. The quantitative estimate of drug-likeness (QED) is 0.231. The molecule has 0 aliphatic carbocycles. The number of anilines is 1.